The standard InChI is InChI=1S/C23H28BrN3/c1-14-7-6-8-26(12-14)20-11-18(5)25-23-21(20)17(4)13-27(23)22-15(2)9-19(24)10-16(22)3/h9-11,13-14H,6-8,12H2,1-5H3. The average molecular weight is 426 g/mol. The highest BCUT2D eigenvalue weighted by atomic mass is 79.9. The number of fused-ring (bicyclic) bond motifs is 1. The van der Waals surface area contributed by atoms with Crippen LogP contribution in [0.2, 0.25) is 0 Å². The van der Waals surface area contributed by atoms with Crippen molar-refractivity contribution >= 4 is 32.7 Å². The highest BCUT2D eigenvalue weighted by Gasteiger charge is 2.22. The molecule has 0 spiro atoms. The summed E-state index contributed by atoms with van der Waals surface area (Å²) in [7, 11) is 0. The Morgan fingerprint density at radius 2 is 1.74 bits per heavy atom. The third-order valence-electron chi connectivity index (χ3n) is 5.75. The van der Waals surface area contributed by atoms with Gasteiger partial charge in [0.05, 0.1) is 5.69 Å². The van der Waals surface area contributed by atoms with Crippen molar-refractivity contribution in [2.75, 3.05) is 18.0 Å². The fourth-order valence-electron chi connectivity index (χ4n) is 4.62. The van der Waals surface area contributed by atoms with E-state index in [4.69, 9.17) is 4.98 Å². The molecule has 0 N–H and O–H groups in total. The minimum absolute atomic E-state index is 0.751. The fourth-order valence-corrected chi connectivity index (χ4v) is 5.31. The van der Waals surface area contributed by atoms with Gasteiger partial charge in [-0.15, -0.1) is 0 Å². The van der Waals surface area contributed by atoms with Crippen LogP contribution in [0.15, 0.2) is 28.9 Å². The van der Waals surface area contributed by atoms with E-state index in [0.717, 1.165) is 34.8 Å². The van der Waals surface area contributed by atoms with Crippen molar-refractivity contribution in [1.29, 1.82) is 0 Å². The molecule has 1 aromatic carbocycles. The number of anilines is 1. The maximum atomic E-state index is 4.98. The quantitative estimate of drug-likeness (QED) is 0.482. The molecule has 0 radical (unpaired) electrons. The van der Waals surface area contributed by atoms with E-state index in [0.29, 0.717) is 0 Å². The van der Waals surface area contributed by atoms with E-state index in [1.54, 1.807) is 0 Å². The molecule has 27 heavy (non-hydrogen) atoms. The van der Waals surface area contributed by atoms with Gasteiger partial charge in [-0.2, -0.15) is 0 Å². The van der Waals surface area contributed by atoms with Gasteiger partial charge in [-0.05, 0) is 81.3 Å². The van der Waals surface area contributed by atoms with Gasteiger partial charge in [0.2, 0.25) is 0 Å². The lowest BCUT2D eigenvalue weighted by molar-refractivity contribution is 0.447. The molecule has 4 rings (SSSR count). The summed E-state index contributed by atoms with van der Waals surface area (Å²) >= 11 is 3.62. The maximum Gasteiger partial charge on any atom is 0.147 e. The van der Waals surface area contributed by atoms with E-state index < -0.39 is 0 Å². The van der Waals surface area contributed by atoms with Crippen LogP contribution in [0, 0.1) is 33.6 Å². The summed E-state index contributed by atoms with van der Waals surface area (Å²) < 4.78 is 3.42. The molecule has 0 bridgehead atoms. The topological polar surface area (TPSA) is 21.1 Å². The molecule has 1 unspecified atom stereocenters. The van der Waals surface area contributed by atoms with Gasteiger partial charge >= 0.3 is 0 Å². The second-order valence-corrected chi connectivity index (χ2v) is 9.16. The Morgan fingerprint density at radius 3 is 2.41 bits per heavy atom. The highest BCUT2D eigenvalue weighted by Crippen LogP contribution is 2.36. The number of hydrogen-bond donors (Lipinski definition) is 0. The van der Waals surface area contributed by atoms with Crippen molar-refractivity contribution < 1.29 is 0 Å². The number of pyridine rings is 1. The third-order valence-corrected chi connectivity index (χ3v) is 6.21. The molecule has 3 aromatic rings. The zero-order chi connectivity index (χ0) is 19.3. The van der Waals surface area contributed by atoms with E-state index >= 15 is 0 Å². The number of benzene rings is 1. The van der Waals surface area contributed by atoms with Gasteiger partial charge in [0.1, 0.15) is 5.65 Å². The Balaban J connectivity index is 1.96. The van der Waals surface area contributed by atoms with Crippen LogP contribution in [0.4, 0.5) is 5.69 Å². The van der Waals surface area contributed by atoms with Gasteiger partial charge < -0.3 is 9.47 Å². The summed E-state index contributed by atoms with van der Waals surface area (Å²) in [6.07, 6.45) is 4.87. The van der Waals surface area contributed by atoms with Crippen molar-refractivity contribution in [3.8, 4) is 5.69 Å². The molecular weight excluding hydrogens is 398 g/mol. The summed E-state index contributed by atoms with van der Waals surface area (Å²) in [5.74, 6) is 0.751. The van der Waals surface area contributed by atoms with Crippen molar-refractivity contribution in [1.82, 2.24) is 9.55 Å². The van der Waals surface area contributed by atoms with Crippen molar-refractivity contribution in [2.24, 2.45) is 5.92 Å². The largest absolute Gasteiger partial charge is 0.371 e. The zero-order valence-electron chi connectivity index (χ0n) is 16.9. The summed E-state index contributed by atoms with van der Waals surface area (Å²) in [4.78, 5) is 7.55. The molecule has 1 fully saturated rings. The maximum absolute atomic E-state index is 4.98. The van der Waals surface area contributed by atoms with Gasteiger partial charge in [0.15, 0.2) is 0 Å². The third kappa shape index (κ3) is 3.29. The molecule has 2 aromatic heterocycles. The Hall–Kier alpha value is -1.81. The number of aryl methyl sites for hydroxylation is 4. The van der Waals surface area contributed by atoms with Gasteiger partial charge in [-0.25, -0.2) is 4.98 Å². The normalized spacial score (nSPS) is 17.7. The Bertz CT molecular complexity index is 995. The van der Waals surface area contributed by atoms with Crippen molar-refractivity contribution in [3.05, 3.63) is 51.3 Å². The average Bonchev–Trinajstić information content (AvgIpc) is 2.89. The van der Waals surface area contributed by atoms with Crippen LogP contribution in [0.5, 0.6) is 0 Å². The first kappa shape index (κ1) is 18.5. The van der Waals surface area contributed by atoms with Gasteiger partial charge in [-0.3, -0.25) is 0 Å². The fraction of sp³-hybridized carbons (Fsp3) is 0.435. The van der Waals surface area contributed by atoms with E-state index in [9.17, 15) is 0 Å². The Morgan fingerprint density at radius 1 is 1.04 bits per heavy atom. The number of halogens is 1. The first-order chi connectivity index (χ1) is 12.8. The molecule has 1 aliphatic heterocycles. The molecule has 0 amide bonds. The molecule has 1 aliphatic rings. The molecule has 3 nitrogen and oxygen atoms in total. The summed E-state index contributed by atoms with van der Waals surface area (Å²) in [5, 5.41) is 1.30. The summed E-state index contributed by atoms with van der Waals surface area (Å²) in [6, 6.07) is 6.65. The molecule has 0 saturated carbocycles. The minimum Gasteiger partial charge on any atom is -0.371 e. The zero-order valence-corrected chi connectivity index (χ0v) is 18.5. The van der Waals surface area contributed by atoms with Crippen molar-refractivity contribution in [2.45, 2.75) is 47.5 Å². The second-order valence-electron chi connectivity index (χ2n) is 8.25. The van der Waals surface area contributed by atoms with E-state index in [1.807, 2.05) is 0 Å². The molecule has 1 saturated heterocycles. The lowest BCUT2D eigenvalue weighted by Crippen LogP contribution is -2.34. The predicted octanol–water partition coefficient (Wildman–Crippen LogP) is 6.26. The monoisotopic (exact) mass is 425 g/mol. The number of piperidine rings is 1. The van der Waals surface area contributed by atoms with Gasteiger partial charge in [0.25, 0.3) is 0 Å². The first-order valence-electron chi connectivity index (χ1n) is 9.86. The van der Waals surface area contributed by atoms with Crippen LogP contribution in [-0.2, 0) is 0 Å². The van der Waals surface area contributed by atoms with Crippen LogP contribution < -0.4 is 4.90 Å². The summed E-state index contributed by atoms with van der Waals surface area (Å²) in [6.45, 7) is 13.3. The van der Waals surface area contributed by atoms with Crippen molar-refractivity contribution in [3.63, 3.8) is 0 Å². The second kappa shape index (κ2) is 6.97. The van der Waals surface area contributed by atoms with Crippen LogP contribution in [0.3, 0.4) is 0 Å². The molecular formula is C23H28BrN3. The lowest BCUT2D eigenvalue weighted by Gasteiger charge is -2.33. The Kier molecular flexibility index (Phi) is 4.79. The highest BCUT2D eigenvalue weighted by molar-refractivity contribution is 9.10. The number of aromatic nitrogens is 2. The molecule has 0 aliphatic carbocycles. The molecule has 1 atom stereocenters. The van der Waals surface area contributed by atoms with E-state index in [2.05, 4.69) is 84.4 Å². The SMILES string of the molecule is Cc1cc(N2CCCC(C)C2)c2c(C)cn(-c3c(C)cc(Br)cc3C)c2n1. The number of nitrogens with zero attached hydrogens (tertiary/aromatic N) is 3. The van der Waals surface area contributed by atoms with Crippen LogP contribution >= 0.6 is 15.9 Å². The van der Waals surface area contributed by atoms with E-state index in [-0.39, 0.29) is 0 Å². The molecule has 142 valence electrons. The van der Waals surface area contributed by atoms with Gasteiger partial charge in [0, 0.05) is 40.5 Å². The number of rotatable bonds is 2. The first-order valence-corrected chi connectivity index (χ1v) is 10.7. The van der Waals surface area contributed by atoms with Gasteiger partial charge in [-0.1, -0.05) is 22.9 Å². The predicted molar refractivity (Wildman–Crippen MR) is 118 cm³/mol. The number of hydrogen-bond acceptors (Lipinski definition) is 2. The van der Waals surface area contributed by atoms with Crippen LogP contribution in [-0.4, -0.2) is 22.6 Å². The molecule has 3 heterocycles. The van der Waals surface area contributed by atoms with Crippen LogP contribution in [0.1, 0.15) is 42.1 Å². The minimum atomic E-state index is 0.751. The Labute approximate surface area is 170 Å². The van der Waals surface area contributed by atoms with E-state index in [1.165, 1.54) is 46.3 Å². The van der Waals surface area contributed by atoms with Crippen LogP contribution in [0.25, 0.3) is 16.7 Å². The smallest absolute Gasteiger partial charge is 0.147 e. The summed E-state index contributed by atoms with van der Waals surface area (Å²) in [5.41, 5.74) is 8.58. The molecule has 4 heteroatoms. The lowest BCUT2D eigenvalue weighted by atomic mass is 9.99.